The molecule has 0 unspecified atom stereocenters. The molecule has 0 heterocycles. The molecule has 0 fully saturated rings. The van der Waals surface area contributed by atoms with Crippen LogP contribution in [0.5, 0.6) is 0 Å². The Morgan fingerprint density at radius 1 is 1.47 bits per heavy atom. The average molecular weight is 247 g/mol. The van der Waals surface area contributed by atoms with Crippen LogP contribution in [-0.4, -0.2) is 45.4 Å². The Kier molecular flexibility index (Phi) is 4.72. The highest BCUT2D eigenvalue weighted by atomic mass is 32.2. The van der Waals surface area contributed by atoms with Crippen molar-refractivity contribution in [3.8, 4) is 0 Å². The number of hydrogen-bond acceptors (Lipinski definition) is 3. The Labute approximate surface area is 85.1 Å². The maximum atomic E-state index is 11.7. The molecule has 0 aromatic heterocycles. The molecule has 0 saturated carbocycles. The lowest BCUT2D eigenvalue weighted by atomic mass is 10.3. The normalized spacial score (nSPS) is 15.5. The second-order valence-corrected chi connectivity index (χ2v) is 4.08. The van der Waals surface area contributed by atoms with Gasteiger partial charge in [0.25, 0.3) is 0 Å². The van der Waals surface area contributed by atoms with Gasteiger partial charge >= 0.3 is 18.1 Å². The van der Waals surface area contributed by atoms with Gasteiger partial charge in [-0.25, -0.2) is 4.79 Å². The second kappa shape index (κ2) is 5.10. The van der Waals surface area contributed by atoms with Gasteiger partial charge in [0.1, 0.15) is 6.04 Å². The van der Waals surface area contributed by atoms with Crippen LogP contribution in [0.2, 0.25) is 0 Å². The van der Waals surface area contributed by atoms with Crippen LogP contribution in [-0.2, 0) is 20.4 Å². The fraction of sp³-hybridized carbons (Fsp3) is 0.667. The maximum Gasteiger partial charge on any atom is 0.471 e. The van der Waals surface area contributed by atoms with Crippen LogP contribution in [0.4, 0.5) is 13.2 Å². The van der Waals surface area contributed by atoms with Crippen molar-refractivity contribution in [2.75, 3.05) is 12.0 Å². The van der Waals surface area contributed by atoms with Gasteiger partial charge in [-0.05, 0) is 0 Å². The molecule has 0 radical (unpaired) electrons. The van der Waals surface area contributed by atoms with Crippen molar-refractivity contribution in [3.05, 3.63) is 0 Å². The molecule has 0 aliphatic carbocycles. The van der Waals surface area contributed by atoms with E-state index < -0.39 is 40.6 Å². The van der Waals surface area contributed by atoms with Gasteiger partial charge in [-0.15, -0.1) is 0 Å². The van der Waals surface area contributed by atoms with Crippen molar-refractivity contribution in [2.24, 2.45) is 0 Å². The lowest BCUT2D eigenvalue weighted by Crippen LogP contribution is -2.49. The highest BCUT2D eigenvalue weighted by molar-refractivity contribution is 7.84. The third-order valence-electron chi connectivity index (χ3n) is 1.26. The molecule has 0 aliphatic rings. The summed E-state index contributed by atoms with van der Waals surface area (Å²) >= 11 is 0. The SMILES string of the molecule is C[S@](=O)C[C@H](NC(=O)C(F)(F)F)C(=O)O. The smallest absolute Gasteiger partial charge is 0.471 e. The summed E-state index contributed by atoms with van der Waals surface area (Å²) in [6.45, 7) is 0. The standard InChI is InChI=1S/C6H8F3NO4S/c1-15(14)2-3(4(11)12)10-5(13)6(7,8)9/h3H,2H2,1H3,(H,10,13)(H,11,12)/t3-,15-/m0/s1. The predicted octanol–water partition coefficient (Wildman–Crippen LogP) is -0.503. The Morgan fingerprint density at radius 3 is 2.20 bits per heavy atom. The van der Waals surface area contributed by atoms with Crippen molar-refractivity contribution in [1.29, 1.82) is 0 Å². The molecule has 0 aliphatic heterocycles. The van der Waals surface area contributed by atoms with Crippen LogP contribution in [0.1, 0.15) is 0 Å². The number of carboxylic acid groups (broad SMARTS) is 1. The zero-order valence-corrected chi connectivity index (χ0v) is 8.32. The first-order chi connectivity index (χ1) is 6.64. The lowest BCUT2D eigenvalue weighted by Gasteiger charge is -2.14. The molecule has 0 bridgehead atoms. The quantitative estimate of drug-likeness (QED) is 0.701. The summed E-state index contributed by atoms with van der Waals surface area (Å²) in [5.41, 5.74) is 0. The van der Waals surface area contributed by atoms with Gasteiger partial charge in [0, 0.05) is 17.1 Å². The predicted molar refractivity (Wildman–Crippen MR) is 44.6 cm³/mol. The summed E-state index contributed by atoms with van der Waals surface area (Å²) in [5, 5.41) is 9.65. The fourth-order valence-electron chi connectivity index (χ4n) is 0.649. The van der Waals surface area contributed by atoms with Crippen LogP contribution >= 0.6 is 0 Å². The molecule has 0 aromatic rings. The first-order valence-corrected chi connectivity index (χ1v) is 5.28. The van der Waals surface area contributed by atoms with E-state index in [1.165, 1.54) is 5.32 Å². The van der Waals surface area contributed by atoms with E-state index in [0.29, 0.717) is 0 Å². The molecule has 0 rings (SSSR count). The van der Waals surface area contributed by atoms with E-state index >= 15 is 0 Å². The van der Waals surface area contributed by atoms with Gasteiger partial charge in [0.15, 0.2) is 0 Å². The number of halogens is 3. The van der Waals surface area contributed by atoms with E-state index in [9.17, 15) is 27.0 Å². The lowest BCUT2D eigenvalue weighted by molar-refractivity contribution is -0.175. The number of alkyl halides is 3. The van der Waals surface area contributed by atoms with E-state index in [1.54, 1.807) is 0 Å². The minimum absolute atomic E-state index is 0.572. The minimum Gasteiger partial charge on any atom is -0.480 e. The molecule has 5 nitrogen and oxygen atoms in total. The Morgan fingerprint density at radius 2 is 1.93 bits per heavy atom. The van der Waals surface area contributed by atoms with Gasteiger partial charge in [0.05, 0.1) is 5.75 Å². The third kappa shape index (κ3) is 5.35. The topological polar surface area (TPSA) is 83.5 Å². The first kappa shape index (κ1) is 13.9. The van der Waals surface area contributed by atoms with Crippen LogP contribution < -0.4 is 5.32 Å². The van der Waals surface area contributed by atoms with Gasteiger partial charge in [0.2, 0.25) is 0 Å². The average Bonchev–Trinajstić information content (AvgIpc) is 1.99. The summed E-state index contributed by atoms with van der Waals surface area (Å²) < 4.78 is 45.8. The number of amides is 1. The number of carboxylic acids is 1. The van der Waals surface area contributed by atoms with Gasteiger partial charge < -0.3 is 10.4 Å². The van der Waals surface area contributed by atoms with Gasteiger partial charge in [-0.1, -0.05) is 0 Å². The molecular weight excluding hydrogens is 239 g/mol. The molecule has 0 aromatic carbocycles. The zero-order valence-electron chi connectivity index (χ0n) is 7.50. The minimum atomic E-state index is -5.15. The number of aliphatic carboxylic acids is 1. The van der Waals surface area contributed by atoms with Crippen molar-refractivity contribution in [3.63, 3.8) is 0 Å². The van der Waals surface area contributed by atoms with Crippen LogP contribution in [0.15, 0.2) is 0 Å². The summed E-state index contributed by atoms with van der Waals surface area (Å²) in [5.74, 6) is -4.60. The fourth-order valence-corrected chi connectivity index (χ4v) is 1.34. The van der Waals surface area contributed by atoms with Crippen molar-refractivity contribution in [1.82, 2.24) is 5.32 Å². The maximum absolute atomic E-state index is 11.7. The van der Waals surface area contributed by atoms with Gasteiger partial charge in [-0.3, -0.25) is 9.00 Å². The molecule has 9 heteroatoms. The van der Waals surface area contributed by atoms with Crippen molar-refractivity contribution >= 4 is 22.7 Å². The number of carbonyl (C=O) groups excluding carboxylic acids is 1. The van der Waals surface area contributed by atoms with Gasteiger partial charge in [-0.2, -0.15) is 13.2 Å². The summed E-state index contributed by atoms with van der Waals surface area (Å²) in [6.07, 6.45) is -4.03. The number of nitrogens with one attached hydrogen (secondary N) is 1. The summed E-state index contributed by atoms with van der Waals surface area (Å²) in [4.78, 5) is 20.7. The summed E-state index contributed by atoms with van der Waals surface area (Å²) in [6, 6.07) is -1.80. The van der Waals surface area contributed by atoms with Crippen molar-refractivity contribution in [2.45, 2.75) is 12.2 Å². The monoisotopic (exact) mass is 247 g/mol. The number of rotatable bonds is 4. The molecule has 15 heavy (non-hydrogen) atoms. The van der Waals surface area contributed by atoms with E-state index in [2.05, 4.69) is 0 Å². The first-order valence-electron chi connectivity index (χ1n) is 3.55. The molecular formula is C6H8F3NO4S. The van der Waals surface area contributed by atoms with E-state index in [-0.39, 0.29) is 0 Å². The molecule has 2 atom stereocenters. The molecule has 0 spiro atoms. The highest BCUT2D eigenvalue weighted by Crippen LogP contribution is 2.14. The van der Waals surface area contributed by atoms with Crippen LogP contribution in [0.3, 0.4) is 0 Å². The third-order valence-corrected chi connectivity index (χ3v) is 2.07. The Bertz CT molecular complexity index is 291. The van der Waals surface area contributed by atoms with Crippen LogP contribution in [0.25, 0.3) is 0 Å². The van der Waals surface area contributed by atoms with E-state index in [1.807, 2.05) is 0 Å². The molecule has 88 valence electrons. The van der Waals surface area contributed by atoms with E-state index in [0.717, 1.165) is 6.26 Å². The summed E-state index contributed by atoms with van der Waals surface area (Å²) in [7, 11) is -1.62. The molecule has 1 amide bonds. The molecule has 2 N–H and O–H groups in total. The largest absolute Gasteiger partial charge is 0.480 e. The van der Waals surface area contributed by atoms with E-state index in [4.69, 9.17) is 5.11 Å². The Hall–Kier alpha value is -1.12. The Balaban J connectivity index is 4.50. The number of carbonyl (C=O) groups is 2. The number of hydrogen-bond donors (Lipinski definition) is 2. The van der Waals surface area contributed by atoms with Crippen molar-refractivity contribution < 1.29 is 32.1 Å². The second-order valence-electron chi connectivity index (χ2n) is 2.60. The highest BCUT2D eigenvalue weighted by Gasteiger charge is 2.40. The van der Waals surface area contributed by atoms with Crippen LogP contribution in [0, 0.1) is 0 Å². The zero-order chi connectivity index (χ0) is 12.2. The molecule has 0 saturated heterocycles.